The molecule has 0 aromatic carbocycles. The Bertz CT molecular complexity index is 186. The molecule has 0 unspecified atom stereocenters. The third-order valence-electron chi connectivity index (χ3n) is 1.11. The molecule has 0 saturated carbocycles. The van der Waals surface area contributed by atoms with Crippen LogP contribution in [-0.2, 0) is 19.1 Å². The zero-order chi connectivity index (χ0) is 10.1. The first-order chi connectivity index (χ1) is 6.20. The third kappa shape index (κ3) is 8.52. The fourth-order valence-corrected chi connectivity index (χ4v) is 0.522. The van der Waals surface area contributed by atoms with Crippen LogP contribution < -0.4 is 0 Å². The Kier molecular flexibility index (Phi) is 10.1. The Morgan fingerprint density at radius 1 is 1.00 bits per heavy atom. The highest BCUT2D eigenvalue weighted by molar-refractivity contribution is 5.81. The normalized spacial score (nSPS) is 8.00. The van der Waals surface area contributed by atoms with E-state index in [1.54, 1.807) is 0 Å². The average Bonchev–Trinajstić information content (AvgIpc) is 2.16. The van der Waals surface area contributed by atoms with Gasteiger partial charge in [-0.3, -0.25) is 0 Å². The molecule has 14 heavy (non-hydrogen) atoms. The smallest absolute Gasteiger partial charge is 0.330 e. The molecule has 0 aromatic rings. The van der Waals surface area contributed by atoms with Crippen LogP contribution in [0.2, 0.25) is 0 Å². The summed E-state index contributed by atoms with van der Waals surface area (Å²) in [5.41, 5.74) is 0. The Morgan fingerprint density at radius 2 is 1.36 bits per heavy atom. The van der Waals surface area contributed by atoms with E-state index in [0.29, 0.717) is 6.42 Å². The number of esters is 2. The summed E-state index contributed by atoms with van der Waals surface area (Å²) < 4.78 is 9.27. The van der Waals surface area contributed by atoms with Gasteiger partial charge in [0.2, 0.25) is 0 Å². The quantitative estimate of drug-likeness (QED) is 0.370. The first-order valence-corrected chi connectivity index (χ1v) is 3.79. The van der Waals surface area contributed by atoms with Gasteiger partial charge in [-0.15, -0.1) is 0 Å². The van der Waals surface area contributed by atoms with Crippen molar-refractivity contribution < 1.29 is 19.1 Å². The second kappa shape index (κ2) is 9.51. The highest BCUT2D eigenvalue weighted by Crippen LogP contribution is 1.87. The summed E-state index contributed by atoms with van der Waals surface area (Å²) in [7, 11) is 0. The van der Waals surface area contributed by atoms with Gasteiger partial charge >= 0.3 is 11.9 Å². The van der Waals surface area contributed by atoms with Crippen molar-refractivity contribution in [3.8, 4) is 0 Å². The third-order valence-corrected chi connectivity index (χ3v) is 1.11. The maximum Gasteiger partial charge on any atom is 0.330 e. The lowest BCUT2D eigenvalue weighted by atomic mass is 10.5. The molecule has 0 fully saturated rings. The molecular formula is C10H16O4. The zero-order valence-electron chi connectivity index (χ0n) is 7.32. The van der Waals surface area contributed by atoms with Crippen LogP contribution in [0.15, 0.2) is 25.3 Å². The molecular weight excluding hydrogens is 184 g/mol. The molecule has 0 aromatic heterocycles. The minimum absolute atomic E-state index is 0. The van der Waals surface area contributed by atoms with Crippen LogP contribution in [0, 0.1) is 0 Å². The van der Waals surface area contributed by atoms with Crippen molar-refractivity contribution in [3.05, 3.63) is 25.3 Å². The van der Waals surface area contributed by atoms with Crippen molar-refractivity contribution in [1.29, 1.82) is 0 Å². The molecule has 0 N–H and O–H groups in total. The van der Waals surface area contributed by atoms with E-state index in [-0.39, 0.29) is 20.6 Å². The minimum atomic E-state index is -0.477. The summed E-state index contributed by atoms with van der Waals surface area (Å²) in [5, 5.41) is 0. The molecule has 0 aliphatic carbocycles. The molecule has 0 saturated heterocycles. The van der Waals surface area contributed by atoms with Gasteiger partial charge in [0, 0.05) is 18.6 Å². The topological polar surface area (TPSA) is 52.6 Å². The molecule has 0 spiro atoms. The molecule has 4 heteroatoms. The number of hydrogen-bond donors (Lipinski definition) is 0. The largest absolute Gasteiger partial charge is 0.462 e. The maximum atomic E-state index is 10.5. The fraction of sp³-hybridized carbons (Fsp3) is 0.400. The van der Waals surface area contributed by atoms with Crippen LogP contribution in [0.4, 0.5) is 0 Å². The molecule has 0 bridgehead atoms. The summed E-state index contributed by atoms with van der Waals surface area (Å²) in [6, 6.07) is 0. The molecule has 4 nitrogen and oxygen atoms in total. The van der Waals surface area contributed by atoms with Crippen LogP contribution in [0.5, 0.6) is 0 Å². The first-order valence-electron chi connectivity index (χ1n) is 3.79. The SMILES string of the molecule is C.C=CC(=O)OCCCOC(=O)C=C. The van der Waals surface area contributed by atoms with Gasteiger partial charge in [0.15, 0.2) is 0 Å². The highest BCUT2D eigenvalue weighted by Gasteiger charge is 1.97. The van der Waals surface area contributed by atoms with Crippen molar-refractivity contribution in [2.75, 3.05) is 13.2 Å². The van der Waals surface area contributed by atoms with E-state index in [4.69, 9.17) is 0 Å². The van der Waals surface area contributed by atoms with Gasteiger partial charge in [-0.05, 0) is 0 Å². The van der Waals surface area contributed by atoms with Gasteiger partial charge in [-0.25, -0.2) is 9.59 Å². The lowest BCUT2D eigenvalue weighted by Crippen LogP contribution is -2.07. The van der Waals surface area contributed by atoms with Crippen LogP contribution in [-0.4, -0.2) is 25.2 Å². The molecule has 0 amide bonds. The van der Waals surface area contributed by atoms with Crippen LogP contribution >= 0.6 is 0 Å². The van der Waals surface area contributed by atoms with Crippen LogP contribution in [0.1, 0.15) is 13.8 Å². The molecule has 0 radical (unpaired) electrons. The van der Waals surface area contributed by atoms with Gasteiger partial charge in [0.05, 0.1) is 13.2 Å². The van der Waals surface area contributed by atoms with E-state index in [2.05, 4.69) is 22.6 Å². The molecule has 0 aliphatic heterocycles. The number of carbonyl (C=O) groups is 2. The summed E-state index contributed by atoms with van der Waals surface area (Å²) in [6.45, 7) is 6.89. The average molecular weight is 200 g/mol. The van der Waals surface area contributed by atoms with Crippen molar-refractivity contribution in [3.63, 3.8) is 0 Å². The summed E-state index contributed by atoms with van der Waals surface area (Å²) in [6.07, 6.45) is 2.63. The fourth-order valence-electron chi connectivity index (χ4n) is 0.522. The zero-order valence-corrected chi connectivity index (χ0v) is 7.32. The molecule has 0 atom stereocenters. The summed E-state index contributed by atoms with van der Waals surface area (Å²) in [5.74, 6) is -0.954. The predicted molar refractivity (Wildman–Crippen MR) is 53.7 cm³/mol. The van der Waals surface area contributed by atoms with E-state index in [1.807, 2.05) is 0 Å². The van der Waals surface area contributed by atoms with Crippen LogP contribution in [0.3, 0.4) is 0 Å². The van der Waals surface area contributed by atoms with Crippen molar-refractivity contribution >= 4 is 11.9 Å². The standard InChI is InChI=1S/C9H12O4.CH4/c1-3-8(10)12-6-5-7-13-9(11)4-2;/h3-4H,1-2,5-7H2;1H4. The minimum Gasteiger partial charge on any atom is -0.462 e. The van der Waals surface area contributed by atoms with E-state index in [1.165, 1.54) is 0 Å². The Labute approximate surface area is 84.2 Å². The molecule has 0 rings (SSSR count). The van der Waals surface area contributed by atoms with Crippen molar-refractivity contribution in [2.45, 2.75) is 13.8 Å². The Morgan fingerprint density at radius 3 is 1.64 bits per heavy atom. The van der Waals surface area contributed by atoms with E-state index in [9.17, 15) is 9.59 Å². The maximum absolute atomic E-state index is 10.5. The van der Waals surface area contributed by atoms with Gasteiger partial charge < -0.3 is 9.47 Å². The van der Waals surface area contributed by atoms with E-state index < -0.39 is 11.9 Å². The van der Waals surface area contributed by atoms with Crippen molar-refractivity contribution in [1.82, 2.24) is 0 Å². The predicted octanol–water partition coefficient (Wildman–Crippen LogP) is 1.47. The molecule has 80 valence electrons. The monoisotopic (exact) mass is 200 g/mol. The lowest BCUT2D eigenvalue weighted by Gasteiger charge is -2.02. The van der Waals surface area contributed by atoms with E-state index in [0.717, 1.165) is 12.2 Å². The number of rotatable bonds is 6. The number of ether oxygens (including phenoxy) is 2. The lowest BCUT2D eigenvalue weighted by molar-refractivity contribution is -0.140. The van der Waals surface area contributed by atoms with Gasteiger partial charge in [-0.1, -0.05) is 20.6 Å². The number of carbonyl (C=O) groups excluding carboxylic acids is 2. The Hall–Kier alpha value is -1.58. The first kappa shape index (κ1) is 14.9. The molecule has 0 heterocycles. The Balaban J connectivity index is 0. The number of hydrogen-bond acceptors (Lipinski definition) is 4. The van der Waals surface area contributed by atoms with Gasteiger partial charge in [0.25, 0.3) is 0 Å². The van der Waals surface area contributed by atoms with E-state index >= 15 is 0 Å². The molecule has 0 aliphatic rings. The second-order valence-electron chi connectivity index (χ2n) is 2.10. The highest BCUT2D eigenvalue weighted by atomic mass is 16.5. The summed E-state index contributed by atoms with van der Waals surface area (Å²) in [4.78, 5) is 21.0. The summed E-state index contributed by atoms with van der Waals surface area (Å²) >= 11 is 0. The van der Waals surface area contributed by atoms with Gasteiger partial charge in [0.1, 0.15) is 0 Å². The van der Waals surface area contributed by atoms with Crippen molar-refractivity contribution in [2.24, 2.45) is 0 Å². The second-order valence-corrected chi connectivity index (χ2v) is 2.10. The van der Waals surface area contributed by atoms with Gasteiger partial charge in [-0.2, -0.15) is 0 Å². The van der Waals surface area contributed by atoms with Crippen LogP contribution in [0.25, 0.3) is 0 Å².